The highest BCUT2D eigenvalue weighted by Gasteiger charge is 2.30. The highest BCUT2D eigenvalue weighted by atomic mass is 16.5. The molecule has 0 spiro atoms. The predicted molar refractivity (Wildman–Crippen MR) is 172 cm³/mol. The maximum atomic E-state index is 12.7. The van der Waals surface area contributed by atoms with Crippen LogP contribution in [0.15, 0.2) is 102 Å². The molecule has 0 bridgehead atoms. The summed E-state index contributed by atoms with van der Waals surface area (Å²) in [5, 5.41) is 15.6. The Labute approximate surface area is 256 Å². The molecule has 1 amide bonds. The lowest BCUT2D eigenvalue weighted by Gasteiger charge is -2.22. The molecule has 0 radical (unpaired) electrons. The number of carboxylic acids is 1. The van der Waals surface area contributed by atoms with Crippen molar-refractivity contribution in [3.63, 3.8) is 0 Å². The molecule has 6 rings (SSSR count). The lowest BCUT2D eigenvalue weighted by atomic mass is 9.94. The lowest BCUT2D eigenvalue weighted by Crippen LogP contribution is -2.41. The maximum absolute atomic E-state index is 12.7. The van der Waals surface area contributed by atoms with Crippen LogP contribution in [0.1, 0.15) is 58.2 Å². The molecule has 0 heterocycles. The van der Waals surface area contributed by atoms with Crippen LogP contribution in [-0.4, -0.2) is 42.3 Å². The molecule has 0 fully saturated rings. The number of carbonyl (C=O) groups is 2. The molecule has 8 heteroatoms. The quantitative estimate of drug-likeness (QED) is 0.109. The Morgan fingerprint density at radius 3 is 1.89 bits per heavy atom. The number of rotatable bonds is 9. The molecule has 0 aliphatic heterocycles. The lowest BCUT2D eigenvalue weighted by molar-refractivity contribution is -0.139. The van der Waals surface area contributed by atoms with E-state index in [0.717, 1.165) is 44.5 Å². The fourth-order valence-corrected chi connectivity index (χ4v) is 6.08. The van der Waals surface area contributed by atoms with Crippen LogP contribution in [0.3, 0.4) is 0 Å². The third-order valence-corrected chi connectivity index (χ3v) is 8.22. The van der Waals surface area contributed by atoms with Crippen molar-refractivity contribution in [2.45, 2.75) is 30.8 Å². The fourth-order valence-electron chi connectivity index (χ4n) is 6.08. The van der Waals surface area contributed by atoms with Gasteiger partial charge in [-0.05, 0) is 57.3 Å². The standard InChI is InChI=1S/C36H34N4O4/c37-35(40-33-25-12-3-1-10-23(25)19-20-24-11-2-4-13-26(24)33)38-21-9-18-32(34(41)42)39-36(43)44-22-31-29-16-7-5-14-27(29)28-15-6-8-17-30(28)31/h1-8,10-17,19-20,31-33H,9,18,21-22H2,(H,39,43)(H,41,42)(H3,37,38,40)/t32-/m0/s1. The van der Waals surface area contributed by atoms with Crippen molar-refractivity contribution in [1.29, 1.82) is 0 Å². The van der Waals surface area contributed by atoms with Gasteiger partial charge in [-0.15, -0.1) is 0 Å². The number of nitrogens with zero attached hydrogens (tertiary/aromatic N) is 1. The second kappa shape index (κ2) is 12.9. The zero-order valence-corrected chi connectivity index (χ0v) is 24.1. The molecular weight excluding hydrogens is 552 g/mol. The van der Waals surface area contributed by atoms with Crippen molar-refractivity contribution < 1.29 is 19.4 Å². The van der Waals surface area contributed by atoms with Crippen molar-refractivity contribution in [3.05, 3.63) is 130 Å². The van der Waals surface area contributed by atoms with E-state index in [1.165, 1.54) is 0 Å². The third kappa shape index (κ3) is 6.06. The van der Waals surface area contributed by atoms with Gasteiger partial charge in [0.25, 0.3) is 0 Å². The zero-order valence-electron chi connectivity index (χ0n) is 24.1. The first kappa shape index (κ1) is 28.7. The summed E-state index contributed by atoms with van der Waals surface area (Å²) >= 11 is 0. The number of aliphatic imine (C=N–C) groups is 1. The van der Waals surface area contributed by atoms with Gasteiger partial charge in [-0.1, -0.05) is 109 Å². The largest absolute Gasteiger partial charge is 0.480 e. The molecule has 0 saturated heterocycles. The zero-order chi connectivity index (χ0) is 30.5. The normalized spacial score (nSPS) is 14.4. The van der Waals surface area contributed by atoms with E-state index in [-0.39, 0.29) is 30.9 Å². The van der Waals surface area contributed by atoms with Crippen molar-refractivity contribution >= 4 is 30.2 Å². The Morgan fingerprint density at radius 2 is 1.32 bits per heavy atom. The van der Waals surface area contributed by atoms with Gasteiger partial charge in [0.1, 0.15) is 12.6 Å². The van der Waals surface area contributed by atoms with Crippen LogP contribution in [0.2, 0.25) is 0 Å². The van der Waals surface area contributed by atoms with E-state index in [4.69, 9.17) is 10.5 Å². The van der Waals surface area contributed by atoms with Gasteiger partial charge in [-0.3, -0.25) is 4.99 Å². The van der Waals surface area contributed by atoms with Gasteiger partial charge in [0.05, 0.1) is 6.04 Å². The maximum Gasteiger partial charge on any atom is 0.407 e. The van der Waals surface area contributed by atoms with Crippen LogP contribution in [0.25, 0.3) is 23.3 Å². The SMILES string of the molecule is NC(=NCCC[C@H](NC(=O)OCC1c2ccccc2-c2ccccc21)C(=O)O)NC1c2ccccc2C=Cc2ccccc21. The van der Waals surface area contributed by atoms with Crippen LogP contribution >= 0.6 is 0 Å². The van der Waals surface area contributed by atoms with E-state index in [9.17, 15) is 14.7 Å². The summed E-state index contributed by atoms with van der Waals surface area (Å²) < 4.78 is 5.54. The van der Waals surface area contributed by atoms with Crippen LogP contribution in [0, 0.1) is 0 Å². The number of nitrogens with one attached hydrogen (secondary N) is 2. The summed E-state index contributed by atoms with van der Waals surface area (Å²) in [6.45, 7) is 0.408. The molecule has 222 valence electrons. The number of guanidine groups is 1. The molecule has 0 saturated carbocycles. The summed E-state index contributed by atoms with van der Waals surface area (Å²) in [6.07, 6.45) is 4.01. The van der Waals surface area contributed by atoms with E-state index in [1.807, 2.05) is 60.7 Å². The molecule has 2 aliphatic rings. The first-order valence-corrected chi connectivity index (χ1v) is 14.8. The van der Waals surface area contributed by atoms with Crippen LogP contribution < -0.4 is 16.4 Å². The summed E-state index contributed by atoms with van der Waals surface area (Å²) in [7, 11) is 0. The molecule has 4 aromatic rings. The van der Waals surface area contributed by atoms with E-state index in [1.54, 1.807) is 0 Å². The van der Waals surface area contributed by atoms with E-state index in [2.05, 4.69) is 64.2 Å². The molecule has 44 heavy (non-hydrogen) atoms. The van der Waals surface area contributed by atoms with Crippen molar-refractivity contribution in [2.75, 3.05) is 13.2 Å². The average molecular weight is 587 g/mol. The van der Waals surface area contributed by atoms with E-state index < -0.39 is 18.1 Å². The Balaban J connectivity index is 1.03. The number of aliphatic carboxylic acids is 1. The molecule has 4 aromatic carbocycles. The first-order valence-electron chi connectivity index (χ1n) is 14.8. The second-order valence-electron chi connectivity index (χ2n) is 10.9. The minimum absolute atomic E-state index is 0.107. The summed E-state index contributed by atoms with van der Waals surface area (Å²) in [4.78, 5) is 29.1. The van der Waals surface area contributed by atoms with Gasteiger partial charge in [-0.25, -0.2) is 9.59 Å². The predicted octanol–water partition coefficient (Wildman–Crippen LogP) is 5.94. The number of fused-ring (bicyclic) bond motifs is 5. The number of alkyl carbamates (subject to hydrolysis) is 1. The van der Waals surface area contributed by atoms with Gasteiger partial charge < -0.3 is 26.2 Å². The molecular formula is C36H34N4O4. The highest BCUT2D eigenvalue weighted by Crippen LogP contribution is 2.44. The summed E-state index contributed by atoms with van der Waals surface area (Å²) in [5.74, 6) is -0.977. The molecule has 1 atom stereocenters. The number of carboxylic acid groups (broad SMARTS) is 1. The fraction of sp³-hybridized carbons (Fsp3) is 0.194. The van der Waals surface area contributed by atoms with E-state index in [0.29, 0.717) is 13.0 Å². The highest BCUT2D eigenvalue weighted by molar-refractivity contribution is 5.83. The number of carbonyl (C=O) groups excluding carboxylic acids is 1. The second-order valence-corrected chi connectivity index (χ2v) is 10.9. The minimum atomic E-state index is -1.13. The van der Waals surface area contributed by atoms with Crippen LogP contribution in [-0.2, 0) is 9.53 Å². The number of benzene rings is 4. The van der Waals surface area contributed by atoms with Crippen LogP contribution in [0.5, 0.6) is 0 Å². The monoisotopic (exact) mass is 586 g/mol. The minimum Gasteiger partial charge on any atom is -0.480 e. The third-order valence-electron chi connectivity index (χ3n) is 8.22. The van der Waals surface area contributed by atoms with Crippen molar-refractivity contribution in [1.82, 2.24) is 10.6 Å². The first-order chi connectivity index (χ1) is 21.5. The van der Waals surface area contributed by atoms with Gasteiger partial charge in [-0.2, -0.15) is 0 Å². The smallest absolute Gasteiger partial charge is 0.407 e. The van der Waals surface area contributed by atoms with Crippen molar-refractivity contribution in [3.8, 4) is 11.1 Å². The molecule has 5 N–H and O–H groups in total. The van der Waals surface area contributed by atoms with Gasteiger partial charge in [0, 0.05) is 12.5 Å². The Hall–Kier alpha value is -5.37. The molecule has 0 unspecified atom stereocenters. The molecule has 2 aliphatic carbocycles. The van der Waals surface area contributed by atoms with Gasteiger partial charge in [0.2, 0.25) is 0 Å². The number of hydrogen-bond acceptors (Lipinski definition) is 4. The Morgan fingerprint density at radius 1 is 0.795 bits per heavy atom. The Kier molecular flexibility index (Phi) is 8.41. The van der Waals surface area contributed by atoms with Crippen LogP contribution in [0.4, 0.5) is 4.79 Å². The summed E-state index contributed by atoms with van der Waals surface area (Å²) in [5.41, 5.74) is 15.1. The number of nitrogens with two attached hydrogens (primary N) is 1. The number of amides is 1. The number of ether oxygens (including phenoxy) is 1. The molecule has 0 aromatic heterocycles. The average Bonchev–Trinajstić information content (AvgIpc) is 3.27. The Bertz CT molecular complexity index is 1650. The van der Waals surface area contributed by atoms with Crippen molar-refractivity contribution in [2.24, 2.45) is 10.7 Å². The van der Waals surface area contributed by atoms with Gasteiger partial charge >= 0.3 is 12.1 Å². The van der Waals surface area contributed by atoms with Gasteiger partial charge in [0.15, 0.2) is 5.96 Å². The van der Waals surface area contributed by atoms with E-state index >= 15 is 0 Å². The topological polar surface area (TPSA) is 126 Å². The summed E-state index contributed by atoms with van der Waals surface area (Å²) in [6, 6.07) is 31.1. The molecule has 8 nitrogen and oxygen atoms in total. The number of hydrogen-bond donors (Lipinski definition) is 4.